The zero-order chi connectivity index (χ0) is 14.7. The first-order valence-electron chi connectivity index (χ1n) is 5.87. The molecule has 0 aliphatic heterocycles. The Balaban J connectivity index is 2.24. The van der Waals surface area contributed by atoms with E-state index in [4.69, 9.17) is 14.3 Å². The van der Waals surface area contributed by atoms with Gasteiger partial charge in [-0.3, -0.25) is 4.21 Å². The van der Waals surface area contributed by atoms with Crippen LogP contribution >= 0.6 is 0 Å². The van der Waals surface area contributed by atoms with Crippen LogP contribution in [0.25, 0.3) is 0 Å². The summed E-state index contributed by atoms with van der Waals surface area (Å²) in [5.74, 6) is -0.223. The molecule has 6 heteroatoms. The molecule has 0 saturated heterocycles. The molecule has 106 valence electrons. The number of rotatable bonds is 5. The monoisotopic (exact) mass is 294 g/mol. The minimum atomic E-state index is -1.37. The van der Waals surface area contributed by atoms with Crippen LogP contribution < -0.4 is 4.74 Å². The molecule has 20 heavy (non-hydrogen) atoms. The van der Waals surface area contributed by atoms with E-state index in [0.717, 1.165) is 0 Å². The molecule has 1 heterocycles. The van der Waals surface area contributed by atoms with Gasteiger partial charge in [0.1, 0.15) is 11.5 Å². The number of aromatic carboxylic acids is 1. The van der Waals surface area contributed by atoms with Crippen LogP contribution in [-0.2, 0) is 16.6 Å². The quantitative estimate of drug-likeness (QED) is 0.917. The molecule has 1 unspecified atom stereocenters. The molecule has 2 aromatic rings. The number of carboxylic acids is 1. The van der Waals surface area contributed by atoms with E-state index in [9.17, 15) is 9.00 Å². The van der Waals surface area contributed by atoms with Crippen LogP contribution in [-0.4, -0.2) is 22.4 Å². The fourth-order valence-electron chi connectivity index (χ4n) is 1.85. The zero-order valence-electron chi connectivity index (χ0n) is 11.1. The van der Waals surface area contributed by atoms with Gasteiger partial charge in [-0.15, -0.1) is 0 Å². The standard InChI is InChI=1S/C14H14O5S/c1-9-7-10(19-13(9)14(15)16)8-20(17)12-6-4-3-5-11(12)18-2/h3-7H,8H2,1-2H3,(H,15,16). The Morgan fingerprint density at radius 2 is 2.10 bits per heavy atom. The number of carbonyl (C=O) groups is 1. The lowest BCUT2D eigenvalue weighted by molar-refractivity contribution is 0.0659. The van der Waals surface area contributed by atoms with Crippen LogP contribution in [0, 0.1) is 6.92 Å². The van der Waals surface area contributed by atoms with Crippen molar-refractivity contribution in [2.24, 2.45) is 0 Å². The second-order valence-corrected chi connectivity index (χ2v) is 5.59. The van der Waals surface area contributed by atoms with Crippen molar-refractivity contribution in [3.63, 3.8) is 0 Å². The highest BCUT2D eigenvalue weighted by Crippen LogP contribution is 2.24. The van der Waals surface area contributed by atoms with Gasteiger partial charge < -0.3 is 14.3 Å². The lowest BCUT2D eigenvalue weighted by Crippen LogP contribution is -1.99. The van der Waals surface area contributed by atoms with E-state index >= 15 is 0 Å². The summed E-state index contributed by atoms with van der Waals surface area (Å²) in [6.45, 7) is 1.64. The third kappa shape index (κ3) is 2.91. The zero-order valence-corrected chi connectivity index (χ0v) is 11.9. The molecule has 0 radical (unpaired) electrons. The highest BCUT2D eigenvalue weighted by Gasteiger charge is 2.17. The molecule has 0 spiro atoms. The SMILES string of the molecule is COc1ccccc1S(=O)Cc1cc(C)c(C(=O)O)o1. The van der Waals surface area contributed by atoms with E-state index < -0.39 is 16.8 Å². The van der Waals surface area contributed by atoms with Gasteiger partial charge in [0.05, 0.1) is 28.6 Å². The van der Waals surface area contributed by atoms with Gasteiger partial charge in [0.2, 0.25) is 5.76 Å². The maximum Gasteiger partial charge on any atom is 0.372 e. The molecule has 0 aliphatic carbocycles. The Hall–Kier alpha value is -2.08. The number of hydrogen-bond acceptors (Lipinski definition) is 4. The van der Waals surface area contributed by atoms with Crippen LogP contribution in [0.3, 0.4) is 0 Å². The number of hydrogen-bond donors (Lipinski definition) is 1. The van der Waals surface area contributed by atoms with Crippen molar-refractivity contribution in [2.75, 3.05) is 7.11 Å². The summed E-state index contributed by atoms with van der Waals surface area (Å²) in [6.07, 6.45) is 0. The van der Waals surface area contributed by atoms with Gasteiger partial charge in [-0.25, -0.2) is 4.79 Å². The highest BCUT2D eigenvalue weighted by molar-refractivity contribution is 7.84. The molecule has 1 atom stereocenters. The fourth-order valence-corrected chi connectivity index (χ4v) is 3.01. The number of ether oxygens (including phenoxy) is 1. The van der Waals surface area contributed by atoms with Crippen molar-refractivity contribution in [3.8, 4) is 5.75 Å². The van der Waals surface area contributed by atoms with Crippen molar-refractivity contribution in [1.29, 1.82) is 0 Å². The van der Waals surface area contributed by atoms with Crippen molar-refractivity contribution in [1.82, 2.24) is 0 Å². The van der Waals surface area contributed by atoms with Crippen molar-refractivity contribution in [3.05, 3.63) is 47.4 Å². The van der Waals surface area contributed by atoms with E-state index in [2.05, 4.69) is 0 Å². The average molecular weight is 294 g/mol. The molecule has 1 N–H and O–H groups in total. The summed E-state index contributed by atoms with van der Waals surface area (Å²) in [6, 6.07) is 8.59. The van der Waals surface area contributed by atoms with Gasteiger partial charge in [0.15, 0.2) is 0 Å². The summed E-state index contributed by atoms with van der Waals surface area (Å²) < 4.78 is 22.7. The molecule has 1 aromatic heterocycles. The second kappa shape index (κ2) is 5.92. The van der Waals surface area contributed by atoms with E-state index in [1.807, 2.05) is 0 Å². The molecule has 0 saturated carbocycles. The first-order chi connectivity index (χ1) is 9.52. The fraction of sp³-hybridized carbons (Fsp3) is 0.214. The van der Waals surface area contributed by atoms with Crippen LogP contribution in [0.5, 0.6) is 5.75 Å². The first-order valence-corrected chi connectivity index (χ1v) is 7.19. The number of methoxy groups -OCH3 is 1. The van der Waals surface area contributed by atoms with Gasteiger partial charge in [0.25, 0.3) is 0 Å². The predicted octanol–water partition coefficient (Wildman–Crippen LogP) is 2.60. The van der Waals surface area contributed by atoms with E-state index in [-0.39, 0.29) is 11.5 Å². The molecule has 0 aliphatic rings. The van der Waals surface area contributed by atoms with Gasteiger partial charge >= 0.3 is 5.97 Å². The molecule has 5 nitrogen and oxygen atoms in total. The Morgan fingerprint density at radius 3 is 2.70 bits per heavy atom. The molecule has 0 fully saturated rings. The second-order valence-electron chi connectivity index (χ2n) is 4.17. The molecule has 2 rings (SSSR count). The molecule has 0 bridgehead atoms. The summed E-state index contributed by atoms with van der Waals surface area (Å²) >= 11 is 0. The average Bonchev–Trinajstić information content (AvgIpc) is 2.79. The molecule has 1 aromatic carbocycles. The van der Waals surface area contributed by atoms with E-state index in [1.54, 1.807) is 37.3 Å². The smallest absolute Gasteiger partial charge is 0.372 e. The van der Waals surface area contributed by atoms with Gasteiger partial charge in [-0.05, 0) is 25.1 Å². The maximum atomic E-state index is 12.3. The predicted molar refractivity (Wildman–Crippen MR) is 73.5 cm³/mol. The van der Waals surface area contributed by atoms with Gasteiger partial charge in [-0.2, -0.15) is 0 Å². The molecule has 0 amide bonds. The Kier molecular flexibility index (Phi) is 4.24. The number of furan rings is 1. The van der Waals surface area contributed by atoms with Gasteiger partial charge in [0, 0.05) is 5.56 Å². The van der Waals surface area contributed by atoms with Crippen LogP contribution in [0.1, 0.15) is 21.9 Å². The van der Waals surface area contributed by atoms with Crippen LogP contribution in [0.15, 0.2) is 39.6 Å². The minimum Gasteiger partial charge on any atom is -0.495 e. The van der Waals surface area contributed by atoms with Crippen LogP contribution in [0.4, 0.5) is 0 Å². The number of carboxylic acid groups (broad SMARTS) is 1. The van der Waals surface area contributed by atoms with Crippen LogP contribution in [0.2, 0.25) is 0 Å². The maximum absolute atomic E-state index is 12.3. The lowest BCUT2D eigenvalue weighted by Gasteiger charge is -2.06. The van der Waals surface area contributed by atoms with Crippen molar-refractivity contribution >= 4 is 16.8 Å². The molecular weight excluding hydrogens is 280 g/mol. The molecular formula is C14H14O5S. The van der Waals surface area contributed by atoms with Gasteiger partial charge in [-0.1, -0.05) is 12.1 Å². The number of para-hydroxylation sites is 1. The number of benzene rings is 1. The van der Waals surface area contributed by atoms with E-state index in [0.29, 0.717) is 22.0 Å². The third-order valence-corrected chi connectivity index (χ3v) is 4.13. The summed E-state index contributed by atoms with van der Waals surface area (Å²) in [4.78, 5) is 11.5. The summed E-state index contributed by atoms with van der Waals surface area (Å²) in [5, 5.41) is 8.92. The highest BCUT2D eigenvalue weighted by atomic mass is 32.2. The largest absolute Gasteiger partial charge is 0.495 e. The van der Waals surface area contributed by atoms with E-state index in [1.165, 1.54) is 7.11 Å². The first kappa shape index (κ1) is 14.3. The lowest BCUT2D eigenvalue weighted by atomic mass is 10.3. The number of aryl methyl sites for hydroxylation is 1. The summed E-state index contributed by atoms with van der Waals surface area (Å²) in [7, 11) is 0.144. The van der Waals surface area contributed by atoms with Crippen molar-refractivity contribution in [2.45, 2.75) is 17.6 Å². The Labute approximate surface area is 118 Å². The Bertz CT molecular complexity index is 659. The third-order valence-electron chi connectivity index (χ3n) is 2.75. The minimum absolute atomic E-state index is 0.106. The topological polar surface area (TPSA) is 76.7 Å². The summed E-state index contributed by atoms with van der Waals surface area (Å²) in [5.41, 5.74) is 0.518. The normalized spacial score (nSPS) is 12.1. The Morgan fingerprint density at radius 1 is 1.40 bits per heavy atom. The van der Waals surface area contributed by atoms with Crippen molar-refractivity contribution < 1.29 is 23.3 Å².